The molecule has 0 spiro atoms. The van der Waals surface area contributed by atoms with E-state index in [0.29, 0.717) is 0 Å². The van der Waals surface area contributed by atoms with Crippen molar-refractivity contribution in [3.8, 4) is 0 Å². The predicted octanol–water partition coefficient (Wildman–Crippen LogP) is 5.39. The van der Waals surface area contributed by atoms with Gasteiger partial charge in [0.1, 0.15) is 0 Å². The van der Waals surface area contributed by atoms with Crippen LogP contribution in [0, 0.1) is 0 Å². The van der Waals surface area contributed by atoms with Crippen LogP contribution in [0.1, 0.15) is 87.0 Å². The molecule has 0 atom stereocenters. The van der Waals surface area contributed by atoms with E-state index in [1.807, 2.05) is 0 Å². The van der Waals surface area contributed by atoms with Gasteiger partial charge in [-0.25, -0.2) is 0 Å². The Bertz CT molecular complexity index is 172. The molecule has 0 fully saturated rings. The SMILES string of the molecule is CCCCCCCC[N+](C(C)C)(C(C)C)C(C)C. The number of nitrogens with zero attached hydrogens (tertiary/aromatic N) is 1. The second-order valence-corrected chi connectivity index (χ2v) is 6.77. The lowest BCUT2D eigenvalue weighted by Crippen LogP contribution is -2.62. The highest BCUT2D eigenvalue weighted by atomic mass is 15.4. The first kappa shape index (κ1) is 18.0. The van der Waals surface area contributed by atoms with Crippen LogP contribution in [0.5, 0.6) is 0 Å². The van der Waals surface area contributed by atoms with Crippen LogP contribution >= 0.6 is 0 Å². The first-order valence-electron chi connectivity index (χ1n) is 8.26. The van der Waals surface area contributed by atoms with Crippen molar-refractivity contribution in [3.63, 3.8) is 0 Å². The third-order valence-corrected chi connectivity index (χ3v) is 4.78. The molecule has 0 amide bonds. The average Bonchev–Trinajstić information content (AvgIpc) is 2.26. The first-order valence-corrected chi connectivity index (χ1v) is 8.26. The van der Waals surface area contributed by atoms with Crippen LogP contribution in [-0.4, -0.2) is 29.2 Å². The molecule has 0 aromatic heterocycles. The van der Waals surface area contributed by atoms with Crippen molar-refractivity contribution in [3.05, 3.63) is 0 Å². The molecule has 0 unspecified atom stereocenters. The Balaban J connectivity index is 4.26. The second kappa shape index (κ2) is 8.96. The van der Waals surface area contributed by atoms with Crippen LogP contribution in [0.2, 0.25) is 0 Å². The molecule has 0 aliphatic heterocycles. The maximum absolute atomic E-state index is 2.40. The summed E-state index contributed by atoms with van der Waals surface area (Å²) in [6.07, 6.45) is 8.45. The lowest BCUT2D eigenvalue weighted by Gasteiger charge is -2.49. The van der Waals surface area contributed by atoms with Gasteiger partial charge in [0.15, 0.2) is 0 Å². The van der Waals surface area contributed by atoms with Gasteiger partial charge in [-0.15, -0.1) is 0 Å². The van der Waals surface area contributed by atoms with Gasteiger partial charge in [-0.2, -0.15) is 0 Å². The second-order valence-electron chi connectivity index (χ2n) is 6.77. The fourth-order valence-corrected chi connectivity index (χ4v) is 3.73. The summed E-state index contributed by atoms with van der Waals surface area (Å²) in [5, 5.41) is 0. The zero-order valence-corrected chi connectivity index (χ0v) is 14.1. The summed E-state index contributed by atoms with van der Waals surface area (Å²) in [7, 11) is 0. The highest BCUT2D eigenvalue weighted by molar-refractivity contribution is 4.59. The van der Waals surface area contributed by atoms with Crippen LogP contribution in [0.25, 0.3) is 0 Å². The average molecular weight is 256 g/mol. The normalized spacial score (nSPS) is 13.0. The standard InChI is InChI=1S/C17H38N/c1-8-9-10-11-12-13-14-18(15(2)3,16(4)5)17(6)7/h15-17H,8-14H2,1-7H3/q+1. The van der Waals surface area contributed by atoms with Crippen molar-refractivity contribution >= 4 is 0 Å². The monoisotopic (exact) mass is 256 g/mol. The van der Waals surface area contributed by atoms with E-state index in [2.05, 4.69) is 48.5 Å². The highest BCUT2D eigenvalue weighted by Gasteiger charge is 2.37. The van der Waals surface area contributed by atoms with Crippen LogP contribution in [0.4, 0.5) is 0 Å². The molecule has 18 heavy (non-hydrogen) atoms. The quantitative estimate of drug-likeness (QED) is 0.363. The van der Waals surface area contributed by atoms with E-state index < -0.39 is 0 Å². The van der Waals surface area contributed by atoms with Gasteiger partial charge in [0.2, 0.25) is 0 Å². The van der Waals surface area contributed by atoms with Crippen molar-refractivity contribution in [1.29, 1.82) is 0 Å². The minimum atomic E-state index is 0.737. The number of rotatable bonds is 10. The van der Waals surface area contributed by atoms with E-state index in [0.717, 1.165) is 18.1 Å². The number of quaternary nitrogens is 1. The molecule has 110 valence electrons. The third-order valence-electron chi connectivity index (χ3n) is 4.78. The Kier molecular flexibility index (Phi) is 8.94. The Labute approximate surface area is 117 Å². The Morgan fingerprint density at radius 3 is 1.39 bits per heavy atom. The number of hydrogen-bond donors (Lipinski definition) is 0. The van der Waals surface area contributed by atoms with Gasteiger partial charge >= 0.3 is 0 Å². The van der Waals surface area contributed by atoms with Crippen LogP contribution in [0.15, 0.2) is 0 Å². The predicted molar refractivity (Wildman–Crippen MR) is 83.9 cm³/mol. The summed E-state index contributed by atoms with van der Waals surface area (Å²) in [5.41, 5.74) is 0. The summed E-state index contributed by atoms with van der Waals surface area (Å²) in [4.78, 5) is 0. The van der Waals surface area contributed by atoms with E-state index in [9.17, 15) is 0 Å². The summed E-state index contributed by atoms with van der Waals surface area (Å²) < 4.78 is 1.29. The summed E-state index contributed by atoms with van der Waals surface area (Å²) in [6.45, 7) is 18.0. The van der Waals surface area contributed by atoms with Gasteiger partial charge in [0, 0.05) is 0 Å². The molecular formula is C17H38N+. The van der Waals surface area contributed by atoms with Crippen molar-refractivity contribution in [2.75, 3.05) is 6.54 Å². The summed E-state index contributed by atoms with van der Waals surface area (Å²) in [6, 6.07) is 2.21. The molecule has 0 aliphatic rings. The van der Waals surface area contributed by atoms with Crippen LogP contribution in [-0.2, 0) is 0 Å². The zero-order chi connectivity index (χ0) is 14.2. The molecule has 0 aromatic rings. The van der Waals surface area contributed by atoms with Crippen molar-refractivity contribution in [2.24, 2.45) is 0 Å². The van der Waals surface area contributed by atoms with Crippen molar-refractivity contribution in [2.45, 2.75) is 105 Å². The third kappa shape index (κ3) is 4.91. The van der Waals surface area contributed by atoms with Gasteiger partial charge in [0.25, 0.3) is 0 Å². The van der Waals surface area contributed by atoms with Crippen LogP contribution < -0.4 is 0 Å². The van der Waals surface area contributed by atoms with E-state index in [-0.39, 0.29) is 0 Å². The molecule has 0 aromatic carbocycles. The molecule has 0 N–H and O–H groups in total. The minimum absolute atomic E-state index is 0.737. The molecule has 0 rings (SSSR count). The molecule has 0 saturated heterocycles. The number of unbranched alkanes of at least 4 members (excludes halogenated alkanes) is 5. The minimum Gasteiger partial charge on any atom is -0.318 e. The summed E-state index contributed by atoms with van der Waals surface area (Å²) in [5.74, 6) is 0. The van der Waals surface area contributed by atoms with Gasteiger partial charge in [-0.05, 0) is 54.4 Å². The van der Waals surface area contributed by atoms with E-state index in [4.69, 9.17) is 0 Å². The topological polar surface area (TPSA) is 0 Å². The molecular weight excluding hydrogens is 218 g/mol. The zero-order valence-electron chi connectivity index (χ0n) is 14.1. The van der Waals surface area contributed by atoms with Crippen LogP contribution in [0.3, 0.4) is 0 Å². The Morgan fingerprint density at radius 2 is 1.00 bits per heavy atom. The molecule has 0 saturated carbocycles. The molecule has 0 radical (unpaired) electrons. The van der Waals surface area contributed by atoms with E-state index in [1.165, 1.54) is 49.6 Å². The molecule has 0 bridgehead atoms. The Hall–Kier alpha value is -0.0400. The molecule has 1 heteroatoms. The molecule has 0 aliphatic carbocycles. The molecule has 1 nitrogen and oxygen atoms in total. The largest absolute Gasteiger partial charge is 0.318 e. The number of hydrogen-bond acceptors (Lipinski definition) is 0. The fourth-order valence-electron chi connectivity index (χ4n) is 3.73. The maximum atomic E-state index is 2.40. The fraction of sp³-hybridized carbons (Fsp3) is 1.00. The van der Waals surface area contributed by atoms with E-state index in [1.54, 1.807) is 0 Å². The Morgan fingerprint density at radius 1 is 0.611 bits per heavy atom. The first-order chi connectivity index (χ1) is 8.39. The molecule has 0 heterocycles. The van der Waals surface area contributed by atoms with Gasteiger partial charge < -0.3 is 4.48 Å². The smallest absolute Gasteiger partial charge is 0.0837 e. The lowest BCUT2D eigenvalue weighted by molar-refractivity contribution is -0.985. The lowest BCUT2D eigenvalue weighted by atomic mass is 10.0. The summed E-state index contributed by atoms with van der Waals surface area (Å²) >= 11 is 0. The van der Waals surface area contributed by atoms with Gasteiger partial charge in [-0.1, -0.05) is 32.6 Å². The van der Waals surface area contributed by atoms with Crippen molar-refractivity contribution < 1.29 is 4.48 Å². The van der Waals surface area contributed by atoms with Gasteiger partial charge in [-0.3, -0.25) is 0 Å². The van der Waals surface area contributed by atoms with Crippen molar-refractivity contribution in [1.82, 2.24) is 0 Å². The van der Waals surface area contributed by atoms with E-state index >= 15 is 0 Å². The van der Waals surface area contributed by atoms with Gasteiger partial charge in [0.05, 0.1) is 24.7 Å². The highest BCUT2D eigenvalue weighted by Crippen LogP contribution is 2.25. The maximum Gasteiger partial charge on any atom is 0.0837 e.